The fourth-order valence-corrected chi connectivity index (χ4v) is 2.01. The minimum Gasteiger partial charge on any atom is -0.380 e. The van der Waals surface area contributed by atoms with Gasteiger partial charge in [-0.15, -0.1) is 0 Å². The molecule has 0 amide bonds. The van der Waals surface area contributed by atoms with Gasteiger partial charge in [-0.1, -0.05) is 17.7 Å². The summed E-state index contributed by atoms with van der Waals surface area (Å²) in [6.45, 7) is 3.49. The van der Waals surface area contributed by atoms with Crippen LogP contribution in [0.5, 0.6) is 0 Å². The second-order valence-corrected chi connectivity index (χ2v) is 4.96. The molecule has 1 saturated heterocycles. The van der Waals surface area contributed by atoms with Crippen molar-refractivity contribution in [1.82, 2.24) is 5.32 Å². The Morgan fingerprint density at radius 3 is 2.76 bits per heavy atom. The molecule has 0 unspecified atom stereocenters. The van der Waals surface area contributed by atoms with Crippen LogP contribution in [0.4, 0.5) is 4.39 Å². The van der Waals surface area contributed by atoms with Crippen molar-refractivity contribution in [2.24, 2.45) is 11.1 Å². The molecule has 0 bridgehead atoms. The SMILES string of the molecule is NCC1(CNCc2ccc(F)c(Cl)c2)COC1. The average molecular weight is 259 g/mol. The number of benzene rings is 1. The van der Waals surface area contributed by atoms with Gasteiger partial charge in [-0.25, -0.2) is 4.39 Å². The van der Waals surface area contributed by atoms with E-state index < -0.39 is 0 Å². The Kier molecular flexibility index (Phi) is 3.99. The number of halogens is 2. The van der Waals surface area contributed by atoms with Crippen molar-refractivity contribution < 1.29 is 9.13 Å². The van der Waals surface area contributed by atoms with Gasteiger partial charge in [0, 0.05) is 25.0 Å². The van der Waals surface area contributed by atoms with E-state index in [-0.39, 0.29) is 16.3 Å². The molecular weight excluding hydrogens is 243 g/mol. The molecule has 1 aromatic rings. The average Bonchev–Trinajstić information content (AvgIpc) is 2.27. The van der Waals surface area contributed by atoms with Gasteiger partial charge in [-0.3, -0.25) is 0 Å². The fraction of sp³-hybridized carbons (Fsp3) is 0.500. The molecule has 0 saturated carbocycles. The summed E-state index contributed by atoms with van der Waals surface area (Å²) in [6, 6.07) is 4.74. The number of hydrogen-bond acceptors (Lipinski definition) is 3. The second-order valence-electron chi connectivity index (χ2n) is 4.55. The lowest BCUT2D eigenvalue weighted by Crippen LogP contribution is -2.54. The Labute approximate surface area is 105 Å². The smallest absolute Gasteiger partial charge is 0.141 e. The molecule has 17 heavy (non-hydrogen) atoms. The quantitative estimate of drug-likeness (QED) is 0.842. The zero-order valence-corrected chi connectivity index (χ0v) is 10.3. The van der Waals surface area contributed by atoms with Gasteiger partial charge < -0.3 is 15.8 Å². The zero-order chi connectivity index (χ0) is 12.3. The Morgan fingerprint density at radius 2 is 2.24 bits per heavy atom. The van der Waals surface area contributed by atoms with E-state index in [0.29, 0.717) is 26.3 Å². The van der Waals surface area contributed by atoms with Crippen LogP contribution in [-0.2, 0) is 11.3 Å². The van der Waals surface area contributed by atoms with E-state index in [4.69, 9.17) is 22.1 Å². The molecule has 2 rings (SSSR count). The van der Waals surface area contributed by atoms with Crippen molar-refractivity contribution in [1.29, 1.82) is 0 Å². The predicted octanol–water partition coefficient (Wildman–Crippen LogP) is 1.54. The molecule has 3 N–H and O–H groups in total. The second kappa shape index (κ2) is 5.31. The molecule has 0 radical (unpaired) electrons. The lowest BCUT2D eigenvalue weighted by Gasteiger charge is -2.40. The van der Waals surface area contributed by atoms with E-state index in [1.165, 1.54) is 6.07 Å². The van der Waals surface area contributed by atoms with Gasteiger partial charge in [0.05, 0.1) is 18.2 Å². The molecule has 94 valence electrons. The molecule has 3 nitrogen and oxygen atoms in total. The summed E-state index contributed by atoms with van der Waals surface area (Å²) in [5.74, 6) is -0.388. The number of ether oxygens (including phenoxy) is 1. The Balaban J connectivity index is 1.83. The first kappa shape index (κ1) is 12.8. The summed E-state index contributed by atoms with van der Waals surface area (Å²) in [5, 5.41) is 3.46. The van der Waals surface area contributed by atoms with Gasteiger partial charge in [-0.2, -0.15) is 0 Å². The molecule has 1 fully saturated rings. The topological polar surface area (TPSA) is 47.3 Å². The van der Waals surface area contributed by atoms with Crippen LogP contribution in [0.1, 0.15) is 5.56 Å². The molecule has 5 heteroatoms. The lowest BCUT2D eigenvalue weighted by molar-refractivity contribution is -0.105. The van der Waals surface area contributed by atoms with Gasteiger partial charge in [0.25, 0.3) is 0 Å². The number of nitrogens with two attached hydrogens (primary N) is 1. The maximum Gasteiger partial charge on any atom is 0.141 e. The summed E-state index contributed by atoms with van der Waals surface area (Å²) in [4.78, 5) is 0. The number of rotatable bonds is 5. The zero-order valence-electron chi connectivity index (χ0n) is 9.51. The molecule has 0 spiro atoms. The first-order valence-electron chi connectivity index (χ1n) is 5.58. The Morgan fingerprint density at radius 1 is 1.47 bits per heavy atom. The van der Waals surface area contributed by atoms with Crippen molar-refractivity contribution >= 4 is 11.6 Å². The molecule has 0 atom stereocenters. The van der Waals surface area contributed by atoms with Crippen LogP contribution in [-0.4, -0.2) is 26.3 Å². The highest BCUT2D eigenvalue weighted by atomic mass is 35.5. The first-order valence-corrected chi connectivity index (χ1v) is 5.95. The predicted molar refractivity (Wildman–Crippen MR) is 65.4 cm³/mol. The van der Waals surface area contributed by atoms with Crippen LogP contribution in [0.15, 0.2) is 18.2 Å². The highest BCUT2D eigenvalue weighted by Crippen LogP contribution is 2.25. The standard InChI is InChI=1S/C12H16ClFN2O/c13-10-3-9(1-2-11(10)14)4-16-6-12(5-15)7-17-8-12/h1-3,16H,4-8,15H2. The molecule has 0 aromatic heterocycles. The molecule has 1 aromatic carbocycles. The highest BCUT2D eigenvalue weighted by molar-refractivity contribution is 6.30. The normalized spacial score (nSPS) is 17.8. The van der Waals surface area contributed by atoms with E-state index >= 15 is 0 Å². The van der Waals surface area contributed by atoms with E-state index in [0.717, 1.165) is 12.1 Å². The monoisotopic (exact) mass is 258 g/mol. The maximum absolute atomic E-state index is 12.9. The lowest BCUT2D eigenvalue weighted by atomic mass is 9.86. The van der Waals surface area contributed by atoms with E-state index in [1.54, 1.807) is 12.1 Å². The minimum atomic E-state index is -0.388. The van der Waals surface area contributed by atoms with Crippen molar-refractivity contribution in [2.45, 2.75) is 6.54 Å². The third kappa shape index (κ3) is 2.96. The van der Waals surface area contributed by atoms with Crippen LogP contribution < -0.4 is 11.1 Å². The third-order valence-electron chi connectivity index (χ3n) is 3.06. The number of nitrogens with one attached hydrogen (secondary N) is 1. The summed E-state index contributed by atoms with van der Waals surface area (Å²) < 4.78 is 18.1. The third-order valence-corrected chi connectivity index (χ3v) is 3.35. The van der Waals surface area contributed by atoms with Crippen LogP contribution in [0.25, 0.3) is 0 Å². The van der Waals surface area contributed by atoms with Crippen molar-refractivity contribution in [3.63, 3.8) is 0 Å². The van der Waals surface area contributed by atoms with Crippen LogP contribution >= 0.6 is 11.6 Å². The summed E-state index contributed by atoms with van der Waals surface area (Å²) in [6.07, 6.45) is 0. The van der Waals surface area contributed by atoms with Crippen molar-refractivity contribution in [3.8, 4) is 0 Å². The summed E-state index contributed by atoms with van der Waals surface area (Å²) in [7, 11) is 0. The van der Waals surface area contributed by atoms with Crippen molar-refractivity contribution in [3.05, 3.63) is 34.6 Å². The molecule has 1 aliphatic rings. The van der Waals surface area contributed by atoms with Gasteiger partial charge >= 0.3 is 0 Å². The molecule has 1 aliphatic heterocycles. The fourth-order valence-electron chi connectivity index (χ4n) is 1.80. The Bertz CT molecular complexity index is 391. The van der Waals surface area contributed by atoms with E-state index in [1.807, 2.05) is 0 Å². The van der Waals surface area contributed by atoms with Gasteiger partial charge in [0.2, 0.25) is 0 Å². The van der Waals surface area contributed by atoms with Gasteiger partial charge in [0.15, 0.2) is 0 Å². The van der Waals surface area contributed by atoms with E-state index in [2.05, 4.69) is 5.32 Å². The minimum absolute atomic E-state index is 0.0732. The molecule has 0 aliphatic carbocycles. The van der Waals surface area contributed by atoms with Gasteiger partial charge in [0.1, 0.15) is 5.82 Å². The van der Waals surface area contributed by atoms with E-state index in [9.17, 15) is 4.39 Å². The van der Waals surface area contributed by atoms with Gasteiger partial charge in [-0.05, 0) is 17.7 Å². The largest absolute Gasteiger partial charge is 0.380 e. The Hall–Kier alpha value is -0.680. The maximum atomic E-state index is 12.9. The molecular formula is C12H16ClFN2O. The summed E-state index contributed by atoms with van der Waals surface area (Å²) in [5.41, 5.74) is 6.74. The molecule has 1 heterocycles. The number of hydrogen-bond donors (Lipinski definition) is 2. The van der Waals surface area contributed by atoms with Crippen LogP contribution in [0.3, 0.4) is 0 Å². The van der Waals surface area contributed by atoms with Crippen LogP contribution in [0.2, 0.25) is 5.02 Å². The highest BCUT2D eigenvalue weighted by Gasteiger charge is 2.36. The summed E-state index contributed by atoms with van der Waals surface area (Å²) >= 11 is 5.71. The van der Waals surface area contributed by atoms with Crippen molar-refractivity contribution in [2.75, 3.05) is 26.3 Å². The van der Waals surface area contributed by atoms with Crippen LogP contribution in [0, 0.1) is 11.2 Å². The first-order chi connectivity index (χ1) is 8.15.